The van der Waals surface area contributed by atoms with Crippen LogP contribution in [0.15, 0.2) is 48.5 Å². The Bertz CT molecular complexity index is 431. The molecule has 0 fully saturated rings. The summed E-state index contributed by atoms with van der Waals surface area (Å²) in [6.07, 6.45) is 0. The number of nitrogens with zero attached hydrogens (tertiary/aromatic N) is 1. The van der Waals surface area contributed by atoms with Gasteiger partial charge >= 0.3 is 0 Å². The van der Waals surface area contributed by atoms with Crippen molar-refractivity contribution in [2.75, 3.05) is 0 Å². The van der Waals surface area contributed by atoms with Crippen LogP contribution < -0.4 is 4.74 Å². The maximum atomic E-state index is 5.76. The average Bonchev–Trinajstić information content (AvgIpc) is 2.28. The van der Waals surface area contributed by atoms with Crippen LogP contribution in [0.5, 0.6) is 5.75 Å². The van der Waals surface area contributed by atoms with Crippen molar-refractivity contribution < 1.29 is 4.74 Å². The Morgan fingerprint density at radius 3 is 2.53 bits per heavy atom. The van der Waals surface area contributed by atoms with Crippen LogP contribution in [0.3, 0.4) is 0 Å². The van der Waals surface area contributed by atoms with Gasteiger partial charge in [0.15, 0.2) is 0 Å². The number of hydrogen-bond acceptors (Lipinski definition) is 2. The van der Waals surface area contributed by atoms with Crippen LogP contribution in [0.2, 0.25) is 5.15 Å². The maximum absolute atomic E-state index is 5.76. The highest BCUT2D eigenvalue weighted by Crippen LogP contribution is 2.11. The van der Waals surface area contributed by atoms with Crippen LogP contribution in [0.1, 0.15) is 5.69 Å². The summed E-state index contributed by atoms with van der Waals surface area (Å²) in [6, 6.07) is 15.1. The first-order valence-corrected chi connectivity index (χ1v) is 5.02. The lowest BCUT2D eigenvalue weighted by atomic mass is 10.3. The minimum absolute atomic E-state index is 0.435. The van der Waals surface area contributed by atoms with Crippen molar-refractivity contribution >= 4 is 11.6 Å². The quantitative estimate of drug-likeness (QED) is 0.739. The van der Waals surface area contributed by atoms with E-state index < -0.39 is 0 Å². The number of para-hydroxylation sites is 1. The summed E-state index contributed by atoms with van der Waals surface area (Å²) in [6.45, 7) is 0.435. The molecule has 0 aliphatic rings. The molecular weight excluding hydrogens is 210 g/mol. The van der Waals surface area contributed by atoms with Crippen molar-refractivity contribution in [2.24, 2.45) is 0 Å². The van der Waals surface area contributed by atoms with E-state index in [2.05, 4.69) is 4.98 Å². The molecule has 0 N–H and O–H groups in total. The fraction of sp³-hybridized carbons (Fsp3) is 0.0833. The van der Waals surface area contributed by atoms with E-state index in [1.807, 2.05) is 42.5 Å². The van der Waals surface area contributed by atoms with Gasteiger partial charge in [-0.15, -0.1) is 0 Å². The van der Waals surface area contributed by atoms with Crippen LogP contribution in [0.4, 0.5) is 0 Å². The molecule has 0 atom stereocenters. The summed E-state index contributed by atoms with van der Waals surface area (Å²) in [5, 5.41) is 0.490. The van der Waals surface area contributed by atoms with Crippen molar-refractivity contribution in [3.63, 3.8) is 0 Å². The van der Waals surface area contributed by atoms with Crippen LogP contribution in [-0.4, -0.2) is 4.98 Å². The molecule has 1 heterocycles. The third kappa shape index (κ3) is 2.96. The fourth-order valence-electron chi connectivity index (χ4n) is 1.20. The van der Waals surface area contributed by atoms with Crippen LogP contribution in [0.25, 0.3) is 0 Å². The largest absolute Gasteiger partial charge is 0.487 e. The monoisotopic (exact) mass is 219 g/mol. The van der Waals surface area contributed by atoms with E-state index >= 15 is 0 Å². The second-order valence-corrected chi connectivity index (χ2v) is 3.44. The first kappa shape index (κ1) is 9.99. The molecule has 2 nitrogen and oxygen atoms in total. The van der Waals surface area contributed by atoms with Crippen LogP contribution >= 0.6 is 11.6 Å². The van der Waals surface area contributed by atoms with Crippen LogP contribution in [-0.2, 0) is 6.61 Å². The SMILES string of the molecule is Clc1cccc(COc2ccccc2)n1. The second kappa shape index (κ2) is 4.80. The predicted octanol–water partition coefficient (Wildman–Crippen LogP) is 3.31. The Morgan fingerprint density at radius 2 is 1.80 bits per heavy atom. The number of aromatic nitrogens is 1. The molecule has 1 aromatic heterocycles. The van der Waals surface area contributed by atoms with Gasteiger partial charge in [-0.1, -0.05) is 35.9 Å². The Hall–Kier alpha value is -1.54. The molecule has 0 spiro atoms. The standard InChI is InChI=1S/C12H10ClNO/c13-12-8-4-5-10(14-12)9-15-11-6-2-1-3-7-11/h1-8H,9H2. The number of benzene rings is 1. The topological polar surface area (TPSA) is 22.1 Å². The molecular formula is C12H10ClNO. The zero-order valence-electron chi connectivity index (χ0n) is 8.06. The summed E-state index contributed by atoms with van der Waals surface area (Å²) in [5.74, 6) is 0.833. The molecule has 0 aliphatic heterocycles. The van der Waals surface area contributed by atoms with Gasteiger partial charge in [0.1, 0.15) is 17.5 Å². The summed E-state index contributed by atoms with van der Waals surface area (Å²) < 4.78 is 5.53. The first-order valence-electron chi connectivity index (χ1n) is 4.64. The van der Waals surface area contributed by atoms with E-state index in [1.54, 1.807) is 6.07 Å². The summed E-state index contributed by atoms with van der Waals surface area (Å²) in [4.78, 5) is 4.13. The van der Waals surface area contributed by atoms with Gasteiger partial charge in [-0.05, 0) is 24.3 Å². The Morgan fingerprint density at radius 1 is 1.00 bits per heavy atom. The van der Waals surface area contributed by atoms with Crippen molar-refractivity contribution in [3.8, 4) is 5.75 Å². The van der Waals surface area contributed by atoms with E-state index in [1.165, 1.54) is 0 Å². The van der Waals surface area contributed by atoms with Crippen molar-refractivity contribution in [1.29, 1.82) is 0 Å². The van der Waals surface area contributed by atoms with Crippen molar-refractivity contribution in [2.45, 2.75) is 6.61 Å². The van der Waals surface area contributed by atoms with Gasteiger partial charge in [-0.3, -0.25) is 0 Å². The number of halogens is 1. The molecule has 0 bridgehead atoms. The molecule has 0 radical (unpaired) electrons. The number of rotatable bonds is 3. The third-order valence-corrected chi connectivity index (χ3v) is 2.11. The molecule has 3 heteroatoms. The highest BCUT2D eigenvalue weighted by atomic mass is 35.5. The van der Waals surface area contributed by atoms with E-state index in [0.29, 0.717) is 11.8 Å². The molecule has 0 saturated heterocycles. The maximum Gasteiger partial charge on any atom is 0.130 e. The van der Waals surface area contributed by atoms with Gasteiger partial charge in [0.05, 0.1) is 5.69 Å². The first-order chi connectivity index (χ1) is 7.34. The van der Waals surface area contributed by atoms with Crippen molar-refractivity contribution in [3.05, 3.63) is 59.4 Å². The molecule has 76 valence electrons. The zero-order chi connectivity index (χ0) is 10.5. The minimum atomic E-state index is 0.435. The molecule has 0 amide bonds. The van der Waals surface area contributed by atoms with Gasteiger partial charge in [-0.2, -0.15) is 0 Å². The number of hydrogen-bond donors (Lipinski definition) is 0. The molecule has 15 heavy (non-hydrogen) atoms. The lowest BCUT2D eigenvalue weighted by Gasteiger charge is -2.04. The van der Waals surface area contributed by atoms with Gasteiger partial charge in [0.2, 0.25) is 0 Å². The zero-order valence-corrected chi connectivity index (χ0v) is 8.82. The van der Waals surface area contributed by atoms with Crippen molar-refractivity contribution in [1.82, 2.24) is 4.98 Å². The number of pyridine rings is 1. The third-order valence-electron chi connectivity index (χ3n) is 1.90. The van der Waals surface area contributed by atoms with Gasteiger partial charge in [0, 0.05) is 0 Å². The molecule has 0 aliphatic carbocycles. The number of ether oxygens (including phenoxy) is 1. The van der Waals surface area contributed by atoms with Gasteiger partial charge in [0.25, 0.3) is 0 Å². The average molecular weight is 220 g/mol. The van der Waals surface area contributed by atoms with Crippen LogP contribution in [0, 0.1) is 0 Å². The molecule has 0 unspecified atom stereocenters. The molecule has 0 saturated carbocycles. The molecule has 2 aromatic rings. The Labute approximate surface area is 93.5 Å². The predicted molar refractivity (Wildman–Crippen MR) is 60.0 cm³/mol. The van der Waals surface area contributed by atoms with Gasteiger partial charge < -0.3 is 4.74 Å². The van der Waals surface area contributed by atoms with Gasteiger partial charge in [-0.25, -0.2) is 4.98 Å². The lowest BCUT2D eigenvalue weighted by molar-refractivity contribution is 0.301. The van der Waals surface area contributed by atoms with E-state index in [9.17, 15) is 0 Å². The van der Waals surface area contributed by atoms with E-state index in [0.717, 1.165) is 11.4 Å². The second-order valence-electron chi connectivity index (χ2n) is 3.05. The highest BCUT2D eigenvalue weighted by molar-refractivity contribution is 6.29. The lowest BCUT2D eigenvalue weighted by Crippen LogP contribution is -1.97. The Kier molecular flexibility index (Phi) is 3.20. The minimum Gasteiger partial charge on any atom is -0.487 e. The normalized spacial score (nSPS) is 9.93. The highest BCUT2D eigenvalue weighted by Gasteiger charge is 1.97. The Balaban J connectivity index is 1.99. The van der Waals surface area contributed by atoms with E-state index in [-0.39, 0.29) is 0 Å². The molecule has 2 rings (SSSR count). The summed E-state index contributed by atoms with van der Waals surface area (Å²) >= 11 is 5.76. The van der Waals surface area contributed by atoms with E-state index in [4.69, 9.17) is 16.3 Å². The summed E-state index contributed by atoms with van der Waals surface area (Å²) in [7, 11) is 0. The summed E-state index contributed by atoms with van der Waals surface area (Å²) in [5.41, 5.74) is 0.825. The smallest absolute Gasteiger partial charge is 0.130 e. The fourth-order valence-corrected chi connectivity index (χ4v) is 1.39. The molecule has 1 aromatic carbocycles.